The molecule has 0 fully saturated rings. The van der Waals surface area contributed by atoms with Crippen molar-refractivity contribution in [1.29, 1.82) is 0 Å². The van der Waals surface area contributed by atoms with Gasteiger partial charge in [-0.05, 0) is 18.6 Å². The van der Waals surface area contributed by atoms with Crippen molar-refractivity contribution in [2.45, 2.75) is 18.9 Å². The molecule has 0 saturated carbocycles. The Bertz CT molecular complexity index is 460. The van der Waals surface area contributed by atoms with Crippen molar-refractivity contribution in [2.24, 2.45) is 5.73 Å². The molecule has 0 aliphatic heterocycles. The summed E-state index contributed by atoms with van der Waals surface area (Å²) in [5.74, 6) is -1.34. The Labute approximate surface area is 112 Å². The third kappa shape index (κ3) is 4.59. The largest absolute Gasteiger partial charge is 0.481 e. The Morgan fingerprint density at radius 3 is 2.58 bits per heavy atom. The molecule has 0 bridgehead atoms. The van der Waals surface area contributed by atoms with Crippen LogP contribution >= 0.6 is 0 Å². The highest BCUT2D eigenvalue weighted by Crippen LogP contribution is 2.23. The molecule has 1 amide bonds. The number of rotatable bonds is 6. The van der Waals surface area contributed by atoms with Gasteiger partial charge in [-0.15, -0.1) is 0 Å². The maximum absolute atomic E-state index is 11.9. The van der Waals surface area contributed by atoms with Crippen molar-refractivity contribution in [3.8, 4) is 0 Å². The minimum absolute atomic E-state index is 0.116. The Morgan fingerprint density at radius 1 is 1.37 bits per heavy atom. The number of benzene rings is 1. The van der Waals surface area contributed by atoms with Gasteiger partial charge in [-0.1, -0.05) is 12.1 Å². The molecular formula is C13H19N3O3. The van der Waals surface area contributed by atoms with Gasteiger partial charge in [0.2, 0.25) is 5.91 Å². The van der Waals surface area contributed by atoms with Crippen LogP contribution in [0.4, 0.5) is 11.4 Å². The Balaban J connectivity index is 2.69. The fourth-order valence-corrected chi connectivity index (χ4v) is 1.60. The number of nitrogens with one attached hydrogen (secondary N) is 1. The zero-order valence-electron chi connectivity index (χ0n) is 11.1. The van der Waals surface area contributed by atoms with Gasteiger partial charge < -0.3 is 21.1 Å². The second-order valence-electron chi connectivity index (χ2n) is 4.44. The number of carbonyl (C=O) groups is 2. The number of aliphatic carboxylic acids is 1. The predicted molar refractivity (Wildman–Crippen MR) is 74.2 cm³/mol. The van der Waals surface area contributed by atoms with E-state index in [0.29, 0.717) is 5.69 Å². The maximum atomic E-state index is 11.9. The van der Waals surface area contributed by atoms with Crippen molar-refractivity contribution in [3.63, 3.8) is 0 Å². The number of para-hydroxylation sites is 2. The van der Waals surface area contributed by atoms with E-state index in [4.69, 9.17) is 10.8 Å². The van der Waals surface area contributed by atoms with Crippen LogP contribution in [0.15, 0.2) is 24.3 Å². The van der Waals surface area contributed by atoms with Crippen molar-refractivity contribution in [3.05, 3.63) is 24.3 Å². The van der Waals surface area contributed by atoms with Crippen molar-refractivity contribution in [1.82, 2.24) is 0 Å². The van der Waals surface area contributed by atoms with E-state index in [1.165, 1.54) is 0 Å². The molecule has 1 aromatic carbocycles. The number of carbonyl (C=O) groups excluding carboxylic acids is 1. The van der Waals surface area contributed by atoms with E-state index < -0.39 is 12.0 Å². The van der Waals surface area contributed by atoms with Crippen LogP contribution in [0, 0.1) is 0 Å². The normalized spacial score (nSPS) is 11.7. The predicted octanol–water partition coefficient (Wildman–Crippen LogP) is 0.883. The molecule has 0 radical (unpaired) electrons. The third-order valence-corrected chi connectivity index (χ3v) is 2.65. The summed E-state index contributed by atoms with van der Waals surface area (Å²) in [5, 5.41) is 11.3. The van der Waals surface area contributed by atoms with Crippen LogP contribution in [0.5, 0.6) is 0 Å². The second-order valence-corrected chi connectivity index (χ2v) is 4.44. The van der Waals surface area contributed by atoms with Gasteiger partial charge in [0.05, 0.1) is 17.4 Å². The number of carboxylic acid groups (broad SMARTS) is 1. The molecule has 0 aliphatic carbocycles. The van der Waals surface area contributed by atoms with E-state index in [0.717, 1.165) is 5.69 Å². The Kier molecular flexibility index (Phi) is 5.32. The molecule has 1 atom stereocenters. The van der Waals surface area contributed by atoms with Gasteiger partial charge in [0.15, 0.2) is 0 Å². The van der Waals surface area contributed by atoms with Crippen LogP contribution < -0.4 is 16.0 Å². The fraction of sp³-hybridized carbons (Fsp3) is 0.385. The van der Waals surface area contributed by atoms with Gasteiger partial charge in [0, 0.05) is 20.5 Å². The number of amides is 1. The van der Waals surface area contributed by atoms with Crippen LogP contribution in [-0.2, 0) is 9.59 Å². The summed E-state index contributed by atoms with van der Waals surface area (Å²) in [5.41, 5.74) is 7.17. The number of hydrogen-bond acceptors (Lipinski definition) is 4. The molecule has 0 heterocycles. The molecule has 1 unspecified atom stereocenters. The van der Waals surface area contributed by atoms with Crippen LogP contribution in [0.25, 0.3) is 0 Å². The standard InChI is InChI=1S/C13H19N3O3/c1-16(2)11-6-4-3-5-10(11)15-13(19)9(14)7-8-12(17)18/h3-6,9H,7-8,14H2,1-2H3,(H,15,19)(H,17,18). The lowest BCUT2D eigenvalue weighted by Crippen LogP contribution is -2.36. The molecule has 0 aromatic heterocycles. The molecule has 1 aromatic rings. The molecule has 19 heavy (non-hydrogen) atoms. The van der Waals surface area contributed by atoms with Gasteiger partial charge in [-0.2, -0.15) is 0 Å². The SMILES string of the molecule is CN(C)c1ccccc1NC(=O)C(N)CCC(=O)O. The average Bonchev–Trinajstić information content (AvgIpc) is 2.36. The highest BCUT2D eigenvalue weighted by molar-refractivity contribution is 5.97. The number of carboxylic acids is 1. The van der Waals surface area contributed by atoms with Gasteiger partial charge in [0.25, 0.3) is 0 Å². The first-order chi connectivity index (χ1) is 8.91. The van der Waals surface area contributed by atoms with Gasteiger partial charge in [0.1, 0.15) is 0 Å². The molecular weight excluding hydrogens is 246 g/mol. The van der Waals surface area contributed by atoms with E-state index in [1.807, 2.05) is 37.2 Å². The van der Waals surface area contributed by atoms with E-state index in [9.17, 15) is 9.59 Å². The van der Waals surface area contributed by atoms with E-state index in [1.54, 1.807) is 6.07 Å². The first kappa shape index (κ1) is 15.0. The van der Waals surface area contributed by atoms with Gasteiger partial charge in [-0.25, -0.2) is 0 Å². The first-order valence-corrected chi connectivity index (χ1v) is 5.96. The molecule has 6 heteroatoms. The summed E-state index contributed by atoms with van der Waals surface area (Å²) < 4.78 is 0. The monoisotopic (exact) mass is 265 g/mol. The van der Waals surface area contributed by atoms with Crippen molar-refractivity contribution < 1.29 is 14.7 Å². The average molecular weight is 265 g/mol. The molecule has 104 valence electrons. The molecule has 4 N–H and O–H groups in total. The van der Waals surface area contributed by atoms with E-state index in [2.05, 4.69) is 5.32 Å². The second kappa shape index (κ2) is 6.75. The molecule has 0 spiro atoms. The first-order valence-electron chi connectivity index (χ1n) is 5.96. The van der Waals surface area contributed by atoms with Gasteiger partial charge >= 0.3 is 5.97 Å². The van der Waals surface area contributed by atoms with Crippen LogP contribution in [0.1, 0.15) is 12.8 Å². The number of anilines is 2. The smallest absolute Gasteiger partial charge is 0.303 e. The molecule has 0 aliphatic rings. The summed E-state index contributed by atoms with van der Waals surface area (Å²) >= 11 is 0. The number of hydrogen-bond donors (Lipinski definition) is 3. The number of nitrogens with zero attached hydrogens (tertiary/aromatic N) is 1. The van der Waals surface area contributed by atoms with Crippen molar-refractivity contribution >= 4 is 23.3 Å². The van der Waals surface area contributed by atoms with Crippen LogP contribution in [0.2, 0.25) is 0 Å². The summed E-state index contributed by atoms with van der Waals surface area (Å²) in [6.07, 6.45) is -0.00475. The summed E-state index contributed by atoms with van der Waals surface area (Å²) in [6.45, 7) is 0. The van der Waals surface area contributed by atoms with Crippen LogP contribution in [-0.4, -0.2) is 37.1 Å². The fourth-order valence-electron chi connectivity index (χ4n) is 1.60. The highest BCUT2D eigenvalue weighted by Gasteiger charge is 2.16. The topological polar surface area (TPSA) is 95.7 Å². The quantitative estimate of drug-likeness (QED) is 0.709. The minimum atomic E-state index is -0.961. The van der Waals surface area contributed by atoms with Crippen molar-refractivity contribution in [2.75, 3.05) is 24.3 Å². The maximum Gasteiger partial charge on any atom is 0.303 e. The van der Waals surface area contributed by atoms with Crippen LogP contribution in [0.3, 0.4) is 0 Å². The minimum Gasteiger partial charge on any atom is -0.481 e. The lowest BCUT2D eigenvalue weighted by molar-refractivity contribution is -0.137. The summed E-state index contributed by atoms with van der Waals surface area (Å²) in [7, 11) is 3.74. The zero-order valence-corrected chi connectivity index (χ0v) is 11.1. The lowest BCUT2D eigenvalue weighted by Gasteiger charge is -2.19. The molecule has 6 nitrogen and oxygen atoms in total. The number of nitrogens with two attached hydrogens (primary N) is 1. The lowest BCUT2D eigenvalue weighted by atomic mass is 10.1. The van der Waals surface area contributed by atoms with E-state index in [-0.39, 0.29) is 18.7 Å². The summed E-state index contributed by atoms with van der Waals surface area (Å²) in [6, 6.07) is 6.50. The molecule has 1 rings (SSSR count). The highest BCUT2D eigenvalue weighted by atomic mass is 16.4. The van der Waals surface area contributed by atoms with Gasteiger partial charge in [-0.3, -0.25) is 9.59 Å². The third-order valence-electron chi connectivity index (χ3n) is 2.65. The van der Waals surface area contributed by atoms with E-state index >= 15 is 0 Å². The Morgan fingerprint density at radius 2 is 2.00 bits per heavy atom. The Hall–Kier alpha value is -2.08. The zero-order chi connectivity index (χ0) is 14.4. The molecule has 0 saturated heterocycles. The summed E-state index contributed by atoms with van der Waals surface area (Å²) in [4.78, 5) is 24.2.